The molecule has 0 saturated heterocycles. The summed E-state index contributed by atoms with van der Waals surface area (Å²) in [6, 6.07) is 5.60. The first-order valence-corrected chi connectivity index (χ1v) is 10.5. The Morgan fingerprint density at radius 3 is 2.90 bits per heavy atom. The fourth-order valence-corrected chi connectivity index (χ4v) is 3.78. The Bertz CT molecular complexity index is 1140. The molecule has 2 atom stereocenters. The fraction of sp³-hybridized carbons (Fsp3) is 0.391. The maximum Gasteiger partial charge on any atom is 0.217 e. The van der Waals surface area contributed by atoms with Crippen molar-refractivity contribution in [1.82, 2.24) is 19.7 Å². The topological polar surface area (TPSA) is 77.2 Å². The highest BCUT2D eigenvalue weighted by Gasteiger charge is 2.26. The zero-order valence-corrected chi connectivity index (χ0v) is 18.2. The summed E-state index contributed by atoms with van der Waals surface area (Å²) in [5.41, 5.74) is 4.74. The zero-order chi connectivity index (χ0) is 22.0. The van der Waals surface area contributed by atoms with Crippen molar-refractivity contribution in [3.63, 3.8) is 0 Å². The molecule has 0 aromatic carbocycles. The Morgan fingerprint density at radius 1 is 1.32 bits per heavy atom. The average Bonchev–Trinajstić information content (AvgIpc) is 3.11. The van der Waals surface area contributed by atoms with Gasteiger partial charge in [-0.15, -0.1) is 0 Å². The van der Waals surface area contributed by atoms with Gasteiger partial charge in [0, 0.05) is 37.2 Å². The number of fused-ring (bicyclic) bond motifs is 1. The fourth-order valence-electron chi connectivity index (χ4n) is 3.78. The van der Waals surface area contributed by atoms with Gasteiger partial charge in [0.2, 0.25) is 5.95 Å². The SMILES string of the molecule is CCOC1N=CC=CC1c1cc(NCc2cccnc2F)c2c(n1)c(C)nn2C(C)C. The van der Waals surface area contributed by atoms with E-state index < -0.39 is 5.95 Å². The van der Waals surface area contributed by atoms with E-state index in [1.807, 2.05) is 36.7 Å². The molecule has 7 nitrogen and oxygen atoms in total. The first-order valence-electron chi connectivity index (χ1n) is 10.5. The molecule has 0 radical (unpaired) electrons. The molecular weight excluding hydrogens is 395 g/mol. The van der Waals surface area contributed by atoms with Gasteiger partial charge in [-0.05, 0) is 45.9 Å². The number of hydrogen-bond acceptors (Lipinski definition) is 6. The third kappa shape index (κ3) is 4.20. The smallest absolute Gasteiger partial charge is 0.217 e. The summed E-state index contributed by atoms with van der Waals surface area (Å²) in [5, 5.41) is 8.11. The Hall–Kier alpha value is -3.13. The second-order valence-electron chi connectivity index (χ2n) is 7.78. The Balaban J connectivity index is 1.80. The lowest BCUT2D eigenvalue weighted by Gasteiger charge is -2.24. The quantitative estimate of drug-likeness (QED) is 0.565. The van der Waals surface area contributed by atoms with Crippen molar-refractivity contribution in [3.8, 4) is 0 Å². The van der Waals surface area contributed by atoms with E-state index in [1.54, 1.807) is 18.3 Å². The summed E-state index contributed by atoms with van der Waals surface area (Å²) >= 11 is 0. The summed E-state index contributed by atoms with van der Waals surface area (Å²) in [4.78, 5) is 13.2. The number of aliphatic imine (C=N–C) groups is 1. The van der Waals surface area contributed by atoms with Crippen molar-refractivity contribution in [2.24, 2.45) is 4.99 Å². The number of rotatable bonds is 7. The molecule has 0 fully saturated rings. The minimum atomic E-state index is -0.477. The van der Waals surface area contributed by atoms with Gasteiger partial charge in [-0.1, -0.05) is 12.1 Å². The number of anilines is 1. The van der Waals surface area contributed by atoms with Crippen LogP contribution in [0.4, 0.5) is 10.1 Å². The maximum atomic E-state index is 14.1. The molecule has 1 N–H and O–H groups in total. The van der Waals surface area contributed by atoms with E-state index in [0.29, 0.717) is 18.7 Å². The number of pyridine rings is 2. The standard InChI is InChI=1S/C23H27FN6O/c1-5-31-23-17(9-7-11-26-23)18-12-19(27-13-16-8-6-10-25-22(16)24)21-20(28-18)15(4)29-30(21)14(2)3/h6-12,14,17,23H,5,13H2,1-4H3,(H,27,28). The van der Waals surface area contributed by atoms with E-state index >= 15 is 0 Å². The van der Waals surface area contributed by atoms with E-state index in [-0.39, 0.29) is 18.2 Å². The molecular formula is C23H27FN6O. The minimum absolute atomic E-state index is 0.119. The highest BCUT2D eigenvalue weighted by molar-refractivity contribution is 5.90. The molecule has 1 aliphatic rings. The van der Waals surface area contributed by atoms with Crippen LogP contribution in [0.3, 0.4) is 0 Å². The van der Waals surface area contributed by atoms with E-state index in [9.17, 15) is 4.39 Å². The summed E-state index contributed by atoms with van der Waals surface area (Å²) in [6.45, 7) is 8.92. The second-order valence-corrected chi connectivity index (χ2v) is 7.78. The number of aromatic nitrogens is 4. The normalized spacial score (nSPS) is 18.3. The molecule has 162 valence electrons. The number of hydrogen-bond donors (Lipinski definition) is 1. The van der Waals surface area contributed by atoms with Crippen molar-refractivity contribution >= 4 is 22.9 Å². The third-order valence-corrected chi connectivity index (χ3v) is 5.26. The van der Waals surface area contributed by atoms with Crippen LogP contribution in [0, 0.1) is 12.9 Å². The van der Waals surface area contributed by atoms with Gasteiger partial charge < -0.3 is 10.1 Å². The molecule has 0 amide bonds. The van der Waals surface area contributed by atoms with Gasteiger partial charge in [0.25, 0.3) is 0 Å². The van der Waals surface area contributed by atoms with Gasteiger partial charge in [-0.2, -0.15) is 9.49 Å². The number of ether oxygens (including phenoxy) is 1. The summed E-state index contributed by atoms with van der Waals surface area (Å²) in [5.74, 6) is -0.595. The molecule has 8 heteroatoms. The van der Waals surface area contributed by atoms with Crippen LogP contribution in [-0.4, -0.2) is 38.8 Å². The van der Waals surface area contributed by atoms with Crippen LogP contribution in [-0.2, 0) is 11.3 Å². The third-order valence-electron chi connectivity index (χ3n) is 5.26. The van der Waals surface area contributed by atoms with E-state index in [2.05, 4.69) is 29.1 Å². The number of dihydropyridines is 1. The van der Waals surface area contributed by atoms with Crippen molar-refractivity contribution < 1.29 is 9.13 Å². The van der Waals surface area contributed by atoms with Crippen LogP contribution in [0.1, 0.15) is 49.7 Å². The van der Waals surface area contributed by atoms with Crippen LogP contribution < -0.4 is 5.32 Å². The van der Waals surface area contributed by atoms with Crippen molar-refractivity contribution in [3.05, 3.63) is 59.4 Å². The molecule has 0 bridgehead atoms. The Kier molecular flexibility index (Phi) is 6.08. The number of nitrogens with zero attached hydrogens (tertiary/aromatic N) is 5. The maximum absolute atomic E-state index is 14.1. The molecule has 0 aliphatic carbocycles. The van der Waals surface area contributed by atoms with Crippen LogP contribution in [0.15, 0.2) is 41.5 Å². The molecule has 1 aliphatic heterocycles. The predicted octanol–water partition coefficient (Wildman–Crippen LogP) is 4.55. The van der Waals surface area contributed by atoms with E-state index in [0.717, 1.165) is 28.1 Å². The molecule has 3 aromatic rings. The highest BCUT2D eigenvalue weighted by atomic mass is 19.1. The van der Waals surface area contributed by atoms with Gasteiger partial charge in [-0.25, -0.2) is 9.97 Å². The summed E-state index contributed by atoms with van der Waals surface area (Å²) in [6.07, 6.45) is 6.83. The first-order chi connectivity index (χ1) is 15.0. The van der Waals surface area contributed by atoms with Crippen LogP contribution in [0.25, 0.3) is 11.0 Å². The molecule has 3 aromatic heterocycles. The number of nitrogens with one attached hydrogen (secondary N) is 1. The lowest BCUT2D eigenvalue weighted by Crippen LogP contribution is -2.22. The Morgan fingerprint density at radius 2 is 2.16 bits per heavy atom. The molecule has 0 spiro atoms. The lowest BCUT2D eigenvalue weighted by atomic mass is 9.99. The highest BCUT2D eigenvalue weighted by Crippen LogP contribution is 2.33. The number of allylic oxidation sites excluding steroid dienone is 1. The number of aryl methyl sites for hydroxylation is 1. The predicted molar refractivity (Wildman–Crippen MR) is 120 cm³/mol. The number of halogens is 1. The van der Waals surface area contributed by atoms with Gasteiger partial charge in [-0.3, -0.25) is 9.67 Å². The van der Waals surface area contributed by atoms with Crippen molar-refractivity contribution in [1.29, 1.82) is 0 Å². The van der Waals surface area contributed by atoms with Crippen molar-refractivity contribution in [2.45, 2.75) is 52.4 Å². The Labute approximate surface area is 181 Å². The van der Waals surface area contributed by atoms with E-state index in [4.69, 9.17) is 14.8 Å². The molecule has 2 unspecified atom stereocenters. The molecule has 4 rings (SSSR count). The zero-order valence-electron chi connectivity index (χ0n) is 18.2. The summed E-state index contributed by atoms with van der Waals surface area (Å²) in [7, 11) is 0. The molecule has 0 saturated carbocycles. The van der Waals surface area contributed by atoms with Gasteiger partial charge in [0.1, 0.15) is 11.0 Å². The van der Waals surface area contributed by atoms with Gasteiger partial charge in [0.05, 0.1) is 23.0 Å². The van der Waals surface area contributed by atoms with Crippen LogP contribution >= 0.6 is 0 Å². The van der Waals surface area contributed by atoms with Crippen LogP contribution in [0.2, 0.25) is 0 Å². The summed E-state index contributed by atoms with van der Waals surface area (Å²) < 4.78 is 21.9. The average molecular weight is 423 g/mol. The second kappa shape index (κ2) is 8.93. The first kappa shape index (κ1) is 21.1. The molecule has 31 heavy (non-hydrogen) atoms. The van der Waals surface area contributed by atoms with Crippen molar-refractivity contribution in [2.75, 3.05) is 11.9 Å². The molecule has 4 heterocycles. The monoisotopic (exact) mass is 422 g/mol. The van der Waals surface area contributed by atoms with Crippen LogP contribution in [0.5, 0.6) is 0 Å². The van der Waals surface area contributed by atoms with Gasteiger partial charge >= 0.3 is 0 Å². The lowest BCUT2D eigenvalue weighted by molar-refractivity contribution is 0.0584. The largest absolute Gasteiger partial charge is 0.379 e. The minimum Gasteiger partial charge on any atom is -0.379 e. The van der Waals surface area contributed by atoms with E-state index in [1.165, 1.54) is 6.20 Å². The van der Waals surface area contributed by atoms with Gasteiger partial charge in [0.15, 0.2) is 6.23 Å².